The number of fused-ring (bicyclic) bond motifs is 1. The second-order valence-corrected chi connectivity index (χ2v) is 8.45. The third-order valence-electron chi connectivity index (χ3n) is 6.29. The topological polar surface area (TPSA) is 80.3 Å². The molecule has 170 valence electrons. The molecule has 1 atom stereocenters. The lowest BCUT2D eigenvalue weighted by atomic mass is 10.1. The van der Waals surface area contributed by atoms with E-state index in [0.29, 0.717) is 25.4 Å². The molecule has 8 heteroatoms. The Morgan fingerprint density at radius 3 is 2.67 bits per heavy atom. The molecule has 4 heterocycles. The molecule has 1 aliphatic rings. The Bertz CT molecular complexity index is 1230. The first-order valence-electron chi connectivity index (χ1n) is 11.5. The van der Waals surface area contributed by atoms with Gasteiger partial charge in [0.2, 0.25) is 0 Å². The van der Waals surface area contributed by atoms with E-state index in [9.17, 15) is 4.79 Å². The summed E-state index contributed by atoms with van der Waals surface area (Å²) in [5.41, 5.74) is 1.78. The van der Waals surface area contributed by atoms with Crippen LogP contribution in [-0.2, 0) is 0 Å². The van der Waals surface area contributed by atoms with Crippen LogP contribution in [-0.4, -0.2) is 56.7 Å². The van der Waals surface area contributed by atoms with E-state index in [2.05, 4.69) is 23.8 Å². The average molecular weight is 445 g/mol. The molecule has 1 amide bonds. The van der Waals surface area contributed by atoms with Crippen molar-refractivity contribution in [3.63, 3.8) is 0 Å². The Hall–Kier alpha value is -3.68. The summed E-state index contributed by atoms with van der Waals surface area (Å²) in [5.74, 6) is 2.27. The van der Waals surface area contributed by atoms with Crippen molar-refractivity contribution in [3.05, 3.63) is 66.5 Å². The van der Waals surface area contributed by atoms with Gasteiger partial charge in [-0.05, 0) is 37.1 Å². The first-order chi connectivity index (χ1) is 16.2. The van der Waals surface area contributed by atoms with E-state index in [0.717, 1.165) is 47.7 Å². The van der Waals surface area contributed by atoms with Gasteiger partial charge in [0.25, 0.3) is 5.91 Å². The molecule has 33 heavy (non-hydrogen) atoms. The van der Waals surface area contributed by atoms with Crippen molar-refractivity contribution < 1.29 is 9.21 Å². The molecule has 0 radical (unpaired) electrons. The first-order valence-corrected chi connectivity index (χ1v) is 11.5. The van der Waals surface area contributed by atoms with Gasteiger partial charge in [0.15, 0.2) is 11.4 Å². The highest BCUT2D eigenvalue weighted by Gasteiger charge is 2.25. The zero-order chi connectivity index (χ0) is 22.8. The molecular weight excluding hydrogens is 416 g/mol. The second-order valence-electron chi connectivity index (χ2n) is 8.45. The summed E-state index contributed by atoms with van der Waals surface area (Å²) in [6.07, 6.45) is 5.20. The number of carbonyl (C=O) groups is 1. The van der Waals surface area contributed by atoms with Crippen molar-refractivity contribution in [2.45, 2.75) is 32.6 Å². The lowest BCUT2D eigenvalue weighted by Gasteiger charge is -2.24. The number of para-hydroxylation sites is 1. The number of anilines is 1. The molecule has 1 unspecified atom stereocenters. The minimum atomic E-state index is -0.0631. The molecule has 1 aliphatic heterocycles. The summed E-state index contributed by atoms with van der Waals surface area (Å²) in [5, 5.41) is 5.59. The number of nitrogens with zero attached hydrogens (tertiary/aromatic N) is 6. The standard InChI is InChI=1S/C25H28N6O2/c1-3-18(2)22-27-23(20-17-26-31(24(20)28-22)19-9-5-4-6-10-19)29-12-8-13-30(15-14-29)25(32)21-11-7-16-33-21/h4-7,9-11,16-18H,3,8,12-15H2,1-2H3. The molecule has 0 aliphatic carbocycles. The third kappa shape index (κ3) is 4.08. The van der Waals surface area contributed by atoms with Crippen LogP contribution < -0.4 is 4.90 Å². The fourth-order valence-corrected chi connectivity index (χ4v) is 4.20. The van der Waals surface area contributed by atoms with Crippen LogP contribution >= 0.6 is 0 Å². The first kappa shape index (κ1) is 21.2. The van der Waals surface area contributed by atoms with Gasteiger partial charge in [-0.3, -0.25) is 4.79 Å². The minimum Gasteiger partial charge on any atom is -0.459 e. The van der Waals surface area contributed by atoms with Crippen LogP contribution in [0.3, 0.4) is 0 Å². The fourth-order valence-electron chi connectivity index (χ4n) is 4.20. The van der Waals surface area contributed by atoms with Gasteiger partial charge in [-0.1, -0.05) is 32.0 Å². The monoisotopic (exact) mass is 444 g/mol. The van der Waals surface area contributed by atoms with Gasteiger partial charge < -0.3 is 14.2 Å². The quantitative estimate of drug-likeness (QED) is 0.457. The van der Waals surface area contributed by atoms with E-state index in [4.69, 9.17) is 14.4 Å². The highest BCUT2D eigenvalue weighted by Crippen LogP contribution is 2.29. The molecule has 4 aromatic rings. The van der Waals surface area contributed by atoms with Crippen LogP contribution in [0.1, 0.15) is 49.0 Å². The molecule has 1 aromatic carbocycles. The summed E-state index contributed by atoms with van der Waals surface area (Å²) >= 11 is 0. The molecule has 0 saturated carbocycles. The van der Waals surface area contributed by atoms with Gasteiger partial charge in [-0.15, -0.1) is 0 Å². The molecule has 0 bridgehead atoms. The van der Waals surface area contributed by atoms with Crippen LogP contribution in [0.2, 0.25) is 0 Å². The number of amides is 1. The van der Waals surface area contributed by atoms with Crippen LogP contribution in [0, 0.1) is 0 Å². The van der Waals surface area contributed by atoms with E-state index in [1.54, 1.807) is 12.1 Å². The van der Waals surface area contributed by atoms with Gasteiger partial charge in [0.1, 0.15) is 11.6 Å². The largest absolute Gasteiger partial charge is 0.459 e. The molecule has 0 spiro atoms. The Balaban J connectivity index is 1.50. The number of benzene rings is 1. The number of carbonyl (C=O) groups excluding carboxylic acids is 1. The van der Waals surface area contributed by atoms with Crippen LogP contribution in [0.25, 0.3) is 16.7 Å². The van der Waals surface area contributed by atoms with Crippen molar-refractivity contribution in [1.82, 2.24) is 24.6 Å². The van der Waals surface area contributed by atoms with Gasteiger partial charge in [-0.25, -0.2) is 14.6 Å². The second kappa shape index (κ2) is 9.05. The number of rotatable bonds is 5. The number of aromatic nitrogens is 4. The zero-order valence-electron chi connectivity index (χ0n) is 19.0. The molecule has 0 N–H and O–H groups in total. The highest BCUT2D eigenvalue weighted by molar-refractivity contribution is 5.91. The molecule has 1 saturated heterocycles. The zero-order valence-corrected chi connectivity index (χ0v) is 19.0. The molecule has 3 aromatic heterocycles. The summed E-state index contributed by atoms with van der Waals surface area (Å²) in [4.78, 5) is 26.8. The van der Waals surface area contributed by atoms with E-state index in [1.165, 1.54) is 6.26 Å². The average Bonchev–Trinajstić information content (AvgIpc) is 3.48. The van der Waals surface area contributed by atoms with Gasteiger partial charge in [0.05, 0.1) is 23.5 Å². The third-order valence-corrected chi connectivity index (χ3v) is 6.29. The van der Waals surface area contributed by atoms with Gasteiger partial charge >= 0.3 is 0 Å². The lowest BCUT2D eigenvalue weighted by molar-refractivity contribution is 0.0735. The normalized spacial score (nSPS) is 15.6. The summed E-state index contributed by atoms with van der Waals surface area (Å²) < 4.78 is 7.21. The summed E-state index contributed by atoms with van der Waals surface area (Å²) in [6.45, 7) is 7.10. The van der Waals surface area contributed by atoms with Crippen molar-refractivity contribution >= 4 is 22.8 Å². The SMILES string of the molecule is CCC(C)c1nc(N2CCCN(C(=O)c3ccco3)CC2)c2cnn(-c3ccccc3)c2n1. The maximum absolute atomic E-state index is 12.8. The number of hydrogen-bond acceptors (Lipinski definition) is 6. The summed E-state index contributed by atoms with van der Waals surface area (Å²) in [6, 6.07) is 13.5. The number of hydrogen-bond donors (Lipinski definition) is 0. The predicted molar refractivity (Wildman–Crippen MR) is 127 cm³/mol. The van der Waals surface area contributed by atoms with Gasteiger partial charge in [-0.2, -0.15) is 5.10 Å². The van der Waals surface area contributed by atoms with Crippen LogP contribution in [0.5, 0.6) is 0 Å². The van der Waals surface area contributed by atoms with E-state index in [1.807, 2.05) is 46.1 Å². The highest BCUT2D eigenvalue weighted by atomic mass is 16.3. The molecule has 5 rings (SSSR count). The van der Waals surface area contributed by atoms with E-state index < -0.39 is 0 Å². The van der Waals surface area contributed by atoms with Crippen molar-refractivity contribution in [1.29, 1.82) is 0 Å². The number of furan rings is 1. The minimum absolute atomic E-state index is 0.0631. The maximum atomic E-state index is 12.8. The fraction of sp³-hybridized carbons (Fsp3) is 0.360. The van der Waals surface area contributed by atoms with Crippen LogP contribution in [0.4, 0.5) is 5.82 Å². The van der Waals surface area contributed by atoms with E-state index in [-0.39, 0.29) is 11.8 Å². The molecular formula is C25H28N6O2. The molecule has 8 nitrogen and oxygen atoms in total. The Kier molecular flexibility index (Phi) is 5.81. The van der Waals surface area contributed by atoms with Crippen LogP contribution in [0.15, 0.2) is 59.3 Å². The Morgan fingerprint density at radius 1 is 1.06 bits per heavy atom. The Morgan fingerprint density at radius 2 is 1.91 bits per heavy atom. The van der Waals surface area contributed by atoms with Crippen molar-refractivity contribution in [2.75, 3.05) is 31.1 Å². The van der Waals surface area contributed by atoms with Crippen molar-refractivity contribution in [3.8, 4) is 5.69 Å². The lowest BCUT2D eigenvalue weighted by Crippen LogP contribution is -2.35. The smallest absolute Gasteiger partial charge is 0.289 e. The van der Waals surface area contributed by atoms with E-state index >= 15 is 0 Å². The molecule has 1 fully saturated rings. The van der Waals surface area contributed by atoms with Crippen molar-refractivity contribution in [2.24, 2.45) is 0 Å². The maximum Gasteiger partial charge on any atom is 0.289 e. The Labute approximate surface area is 192 Å². The summed E-state index contributed by atoms with van der Waals surface area (Å²) in [7, 11) is 0. The van der Waals surface area contributed by atoms with Gasteiger partial charge in [0, 0.05) is 32.1 Å². The predicted octanol–water partition coefficient (Wildman–Crippen LogP) is 4.27.